The van der Waals surface area contributed by atoms with Crippen LogP contribution in [-0.2, 0) is 4.74 Å². The number of aromatic nitrogens is 4. The van der Waals surface area contributed by atoms with Crippen LogP contribution < -0.4 is 10.6 Å². The lowest BCUT2D eigenvalue weighted by atomic mass is 10.3. The Morgan fingerprint density at radius 2 is 1.71 bits per heavy atom. The van der Waals surface area contributed by atoms with Crippen LogP contribution in [0.2, 0.25) is 0 Å². The topological polar surface area (TPSA) is 76.9 Å². The molecule has 2 N–H and O–H groups in total. The number of anilines is 3. The molecular weight excluding hydrogens is 352 g/mol. The molecule has 28 heavy (non-hydrogen) atoms. The van der Waals surface area contributed by atoms with Gasteiger partial charge in [-0.25, -0.2) is 4.68 Å². The van der Waals surface area contributed by atoms with Crippen LogP contribution in [0.5, 0.6) is 0 Å². The van der Waals surface area contributed by atoms with E-state index in [4.69, 9.17) is 9.72 Å². The van der Waals surface area contributed by atoms with E-state index in [2.05, 4.69) is 20.7 Å². The van der Waals surface area contributed by atoms with Gasteiger partial charge in [-0.05, 0) is 30.7 Å². The average Bonchev–Trinajstić information content (AvgIpc) is 3.17. The second-order valence-corrected chi connectivity index (χ2v) is 6.29. The normalized spacial score (nSPS) is 10.9. The molecule has 0 aliphatic heterocycles. The van der Waals surface area contributed by atoms with E-state index in [0.717, 1.165) is 35.4 Å². The number of benzene rings is 2. The highest BCUT2D eigenvalue weighted by Gasteiger charge is 2.14. The Hall–Kier alpha value is -3.45. The molecule has 0 saturated heterocycles. The first-order chi connectivity index (χ1) is 13.8. The van der Waals surface area contributed by atoms with Gasteiger partial charge in [0.25, 0.3) is 0 Å². The molecular formula is C21H22N6O. The van der Waals surface area contributed by atoms with E-state index in [0.29, 0.717) is 18.4 Å². The van der Waals surface area contributed by atoms with Crippen molar-refractivity contribution in [3.8, 4) is 5.69 Å². The van der Waals surface area contributed by atoms with Crippen LogP contribution >= 0.6 is 0 Å². The Bertz CT molecular complexity index is 1030. The second-order valence-electron chi connectivity index (χ2n) is 6.29. The molecule has 0 aliphatic rings. The third-order valence-electron chi connectivity index (χ3n) is 4.27. The van der Waals surface area contributed by atoms with Crippen molar-refractivity contribution in [3.63, 3.8) is 0 Å². The van der Waals surface area contributed by atoms with Crippen molar-refractivity contribution < 1.29 is 4.74 Å². The van der Waals surface area contributed by atoms with Gasteiger partial charge in [0.2, 0.25) is 5.95 Å². The molecule has 0 fully saturated rings. The molecule has 4 aromatic rings. The lowest BCUT2D eigenvalue weighted by Crippen LogP contribution is -2.10. The molecule has 0 unspecified atom stereocenters. The fourth-order valence-electron chi connectivity index (χ4n) is 2.92. The smallest absolute Gasteiger partial charge is 0.226 e. The monoisotopic (exact) mass is 374 g/mol. The highest BCUT2D eigenvalue weighted by atomic mass is 16.5. The standard InChI is InChI=1S/C21H22N6O/c1-28-14-8-13-22-21-25-19(24-16-9-4-2-5-10-16)18-15-23-27(20(18)26-21)17-11-6-3-7-12-17/h2-7,9-12,15H,8,13-14H2,1H3,(H2,22,24,25,26). The summed E-state index contributed by atoms with van der Waals surface area (Å²) >= 11 is 0. The number of nitrogens with zero attached hydrogens (tertiary/aromatic N) is 4. The SMILES string of the molecule is COCCCNc1nc(Nc2ccccc2)c2cnn(-c3ccccc3)c2n1. The highest BCUT2D eigenvalue weighted by molar-refractivity contribution is 5.90. The van der Waals surface area contributed by atoms with Gasteiger partial charge in [0.05, 0.1) is 17.3 Å². The summed E-state index contributed by atoms with van der Waals surface area (Å²) in [5.74, 6) is 1.27. The molecule has 0 spiro atoms. The Labute approximate surface area is 163 Å². The number of hydrogen-bond donors (Lipinski definition) is 2. The van der Waals surface area contributed by atoms with Crippen LogP contribution in [0.15, 0.2) is 66.9 Å². The average molecular weight is 374 g/mol. The summed E-state index contributed by atoms with van der Waals surface area (Å²) in [6, 6.07) is 19.9. The Balaban J connectivity index is 1.74. The fourth-order valence-corrected chi connectivity index (χ4v) is 2.92. The molecule has 2 aromatic heterocycles. The maximum absolute atomic E-state index is 5.11. The van der Waals surface area contributed by atoms with E-state index in [9.17, 15) is 0 Å². The summed E-state index contributed by atoms with van der Waals surface area (Å²) in [7, 11) is 1.70. The molecule has 0 atom stereocenters. The van der Waals surface area contributed by atoms with Gasteiger partial charge in [0.15, 0.2) is 5.65 Å². The molecule has 7 nitrogen and oxygen atoms in total. The molecule has 2 heterocycles. The zero-order valence-corrected chi connectivity index (χ0v) is 15.7. The van der Waals surface area contributed by atoms with Gasteiger partial charge in [-0.3, -0.25) is 0 Å². The minimum atomic E-state index is 0.555. The second kappa shape index (κ2) is 8.49. The van der Waals surface area contributed by atoms with E-state index >= 15 is 0 Å². The number of hydrogen-bond acceptors (Lipinski definition) is 6. The van der Waals surface area contributed by atoms with Gasteiger partial charge >= 0.3 is 0 Å². The number of para-hydroxylation sites is 2. The van der Waals surface area contributed by atoms with E-state index < -0.39 is 0 Å². The van der Waals surface area contributed by atoms with Crippen LogP contribution in [0, 0.1) is 0 Å². The molecule has 0 radical (unpaired) electrons. The predicted molar refractivity (Wildman–Crippen MR) is 111 cm³/mol. The Kier molecular flexibility index (Phi) is 5.44. The molecule has 4 rings (SSSR count). The van der Waals surface area contributed by atoms with Crippen LogP contribution in [0.1, 0.15) is 6.42 Å². The van der Waals surface area contributed by atoms with E-state index in [-0.39, 0.29) is 0 Å². The number of rotatable bonds is 8. The van der Waals surface area contributed by atoms with Gasteiger partial charge in [0, 0.05) is 25.9 Å². The van der Waals surface area contributed by atoms with Crippen LogP contribution in [0.25, 0.3) is 16.7 Å². The van der Waals surface area contributed by atoms with Gasteiger partial charge in [-0.2, -0.15) is 15.1 Å². The molecule has 0 aliphatic carbocycles. The highest BCUT2D eigenvalue weighted by Crippen LogP contribution is 2.26. The summed E-state index contributed by atoms with van der Waals surface area (Å²) in [6.45, 7) is 1.41. The fraction of sp³-hybridized carbons (Fsp3) is 0.190. The minimum absolute atomic E-state index is 0.555. The third-order valence-corrected chi connectivity index (χ3v) is 4.27. The molecule has 0 bridgehead atoms. The van der Waals surface area contributed by atoms with Gasteiger partial charge in [0.1, 0.15) is 5.82 Å². The van der Waals surface area contributed by atoms with Crippen molar-refractivity contribution in [2.75, 3.05) is 30.9 Å². The van der Waals surface area contributed by atoms with E-state index in [1.54, 1.807) is 13.3 Å². The van der Waals surface area contributed by atoms with Crippen molar-refractivity contribution in [2.45, 2.75) is 6.42 Å². The molecule has 2 aromatic carbocycles. The van der Waals surface area contributed by atoms with Crippen LogP contribution in [0.4, 0.5) is 17.5 Å². The van der Waals surface area contributed by atoms with Gasteiger partial charge in [-0.15, -0.1) is 0 Å². The van der Waals surface area contributed by atoms with Crippen molar-refractivity contribution in [3.05, 3.63) is 66.9 Å². The maximum Gasteiger partial charge on any atom is 0.226 e. The zero-order valence-electron chi connectivity index (χ0n) is 15.7. The minimum Gasteiger partial charge on any atom is -0.385 e. The van der Waals surface area contributed by atoms with Crippen molar-refractivity contribution in [2.24, 2.45) is 0 Å². The first-order valence-electron chi connectivity index (χ1n) is 9.21. The summed E-state index contributed by atoms with van der Waals surface area (Å²) in [5, 5.41) is 12.1. The largest absolute Gasteiger partial charge is 0.385 e. The van der Waals surface area contributed by atoms with E-state index in [1.807, 2.05) is 65.3 Å². The number of fused-ring (bicyclic) bond motifs is 1. The van der Waals surface area contributed by atoms with Crippen LogP contribution in [-0.4, -0.2) is 40.0 Å². The lowest BCUT2D eigenvalue weighted by Gasteiger charge is -2.11. The summed E-state index contributed by atoms with van der Waals surface area (Å²) in [6.07, 6.45) is 2.67. The molecule has 0 saturated carbocycles. The molecule has 7 heteroatoms. The molecule has 142 valence electrons. The maximum atomic E-state index is 5.11. The van der Waals surface area contributed by atoms with Crippen molar-refractivity contribution in [1.82, 2.24) is 19.7 Å². The summed E-state index contributed by atoms with van der Waals surface area (Å²) in [5.41, 5.74) is 2.65. The number of methoxy groups -OCH3 is 1. The van der Waals surface area contributed by atoms with Crippen molar-refractivity contribution in [1.29, 1.82) is 0 Å². The summed E-state index contributed by atoms with van der Waals surface area (Å²) < 4.78 is 6.94. The predicted octanol–water partition coefficient (Wildman–Crippen LogP) is 4.01. The van der Waals surface area contributed by atoms with Gasteiger partial charge in [-0.1, -0.05) is 36.4 Å². The first-order valence-corrected chi connectivity index (χ1v) is 9.21. The summed E-state index contributed by atoms with van der Waals surface area (Å²) in [4.78, 5) is 9.38. The Morgan fingerprint density at radius 3 is 2.46 bits per heavy atom. The quantitative estimate of drug-likeness (QED) is 0.454. The van der Waals surface area contributed by atoms with Crippen LogP contribution in [0.3, 0.4) is 0 Å². The number of nitrogens with one attached hydrogen (secondary N) is 2. The zero-order chi connectivity index (χ0) is 19.2. The number of ether oxygens (including phenoxy) is 1. The molecule has 0 amide bonds. The Morgan fingerprint density at radius 1 is 0.964 bits per heavy atom. The first kappa shape index (κ1) is 17.9. The van der Waals surface area contributed by atoms with E-state index in [1.165, 1.54) is 0 Å². The lowest BCUT2D eigenvalue weighted by molar-refractivity contribution is 0.197. The van der Waals surface area contributed by atoms with Gasteiger partial charge < -0.3 is 15.4 Å². The van der Waals surface area contributed by atoms with Crippen molar-refractivity contribution >= 4 is 28.5 Å². The third kappa shape index (κ3) is 3.94.